The summed E-state index contributed by atoms with van der Waals surface area (Å²) in [5.41, 5.74) is 0. The minimum atomic E-state index is 0.191. The normalized spacial score (nSPS) is 17.8. The Labute approximate surface area is 109 Å². The van der Waals surface area contributed by atoms with Gasteiger partial charge in [0.05, 0.1) is 0 Å². The minimum Gasteiger partial charge on any atom is -0.338 e. The summed E-state index contributed by atoms with van der Waals surface area (Å²) >= 11 is 4.94. The standard InChI is InChI=1S/C12H16BrNOS/c1-2-9-3-6-14(7-4-9)12(15)11-10(13)5-8-16-11/h5,8-9H,2-4,6-7H2,1H3. The van der Waals surface area contributed by atoms with E-state index in [1.807, 2.05) is 16.3 Å². The molecule has 1 aliphatic rings. The maximum absolute atomic E-state index is 12.2. The number of amides is 1. The molecule has 0 N–H and O–H groups in total. The summed E-state index contributed by atoms with van der Waals surface area (Å²) in [5, 5.41) is 1.95. The van der Waals surface area contributed by atoms with Crippen LogP contribution in [0, 0.1) is 5.92 Å². The molecule has 1 amide bonds. The molecule has 0 aliphatic carbocycles. The molecular formula is C12H16BrNOS. The van der Waals surface area contributed by atoms with E-state index in [2.05, 4.69) is 22.9 Å². The third-order valence-electron chi connectivity index (χ3n) is 3.29. The minimum absolute atomic E-state index is 0.191. The summed E-state index contributed by atoms with van der Waals surface area (Å²) in [4.78, 5) is 15.0. The molecule has 4 heteroatoms. The monoisotopic (exact) mass is 301 g/mol. The van der Waals surface area contributed by atoms with Crippen LogP contribution in [0.25, 0.3) is 0 Å². The molecule has 0 aromatic carbocycles. The van der Waals surface area contributed by atoms with Gasteiger partial charge in [-0.15, -0.1) is 11.3 Å². The molecule has 0 atom stereocenters. The lowest BCUT2D eigenvalue weighted by Crippen LogP contribution is -2.38. The maximum Gasteiger partial charge on any atom is 0.265 e. The number of rotatable bonds is 2. The third-order valence-corrected chi connectivity index (χ3v) is 5.12. The van der Waals surface area contributed by atoms with Gasteiger partial charge in [0.2, 0.25) is 0 Å². The van der Waals surface area contributed by atoms with Gasteiger partial charge < -0.3 is 4.90 Å². The van der Waals surface area contributed by atoms with Crippen LogP contribution in [0.4, 0.5) is 0 Å². The number of piperidine rings is 1. The predicted molar refractivity (Wildman–Crippen MR) is 70.9 cm³/mol. The first-order chi connectivity index (χ1) is 7.72. The Morgan fingerprint density at radius 3 is 2.75 bits per heavy atom. The first kappa shape index (κ1) is 12.1. The van der Waals surface area contributed by atoms with Crippen molar-refractivity contribution in [1.29, 1.82) is 0 Å². The summed E-state index contributed by atoms with van der Waals surface area (Å²) in [7, 11) is 0. The molecule has 0 bridgehead atoms. The van der Waals surface area contributed by atoms with Gasteiger partial charge in [-0.05, 0) is 46.1 Å². The Bertz CT molecular complexity index is 369. The van der Waals surface area contributed by atoms with Crippen molar-refractivity contribution in [3.63, 3.8) is 0 Å². The van der Waals surface area contributed by atoms with Crippen LogP contribution in [0.5, 0.6) is 0 Å². The molecule has 88 valence electrons. The van der Waals surface area contributed by atoms with Crippen molar-refractivity contribution in [3.05, 3.63) is 20.8 Å². The van der Waals surface area contributed by atoms with Crippen LogP contribution in [0.2, 0.25) is 0 Å². The van der Waals surface area contributed by atoms with Crippen molar-refractivity contribution < 1.29 is 4.79 Å². The molecule has 2 rings (SSSR count). The number of hydrogen-bond acceptors (Lipinski definition) is 2. The van der Waals surface area contributed by atoms with Crippen LogP contribution >= 0.6 is 27.3 Å². The largest absolute Gasteiger partial charge is 0.338 e. The van der Waals surface area contributed by atoms with Crippen molar-refractivity contribution in [1.82, 2.24) is 4.90 Å². The van der Waals surface area contributed by atoms with E-state index in [1.165, 1.54) is 17.8 Å². The van der Waals surface area contributed by atoms with E-state index in [0.29, 0.717) is 0 Å². The zero-order chi connectivity index (χ0) is 11.5. The van der Waals surface area contributed by atoms with Gasteiger partial charge in [-0.25, -0.2) is 0 Å². The number of hydrogen-bond donors (Lipinski definition) is 0. The molecule has 2 heterocycles. The highest BCUT2D eigenvalue weighted by Crippen LogP contribution is 2.27. The van der Waals surface area contributed by atoms with Gasteiger partial charge in [0, 0.05) is 17.6 Å². The number of carbonyl (C=O) groups is 1. The van der Waals surface area contributed by atoms with E-state index in [1.54, 1.807) is 0 Å². The molecule has 16 heavy (non-hydrogen) atoms. The van der Waals surface area contributed by atoms with Crippen LogP contribution in [0.3, 0.4) is 0 Å². The number of thiophene rings is 1. The highest BCUT2D eigenvalue weighted by molar-refractivity contribution is 9.10. The van der Waals surface area contributed by atoms with E-state index < -0.39 is 0 Å². The molecular weight excluding hydrogens is 286 g/mol. The van der Waals surface area contributed by atoms with Crippen LogP contribution in [-0.2, 0) is 0 Å². The Kier molecular flexibility index (Phi) is 4.03. The van der Waals surface area contributed by atoms with Gasteiger partial charge in [-0.3, -0.25) is 4.79 Å². The zero-order valence-corrected chi connectivity index (χ0v) is 11.8. The molecule has 0 spiro atoms. The summed E-state index contributed by atoms with van der Waals surface area (Å²) in [5.74, 6) is 1.01. The molecule has 2 nitrogen and oxygen atoms in total. The van der Waals surface area contributed by atoms with Crippen molar-refractivity contribution in [2.45, 2.75) is 26.2 Å². The fraction of sp³-hybridized carbons (Fsp3) is 0.583. The van der Waals surface area contributed by atoms with Gasteiger partial charge in [0.1, 0.15) is 4.88 Å². The van der Waals surface area contributed by atoms with Gasteiger partial charge in [-0.1, -0.05) is 13.3 Å². The number of likely N-dealkylation sites (tertiary alicyclic amines) is 1. The highest BCUT2D eigenvalue weighted by atomic mass is 79.9. The second-order valence-electron chi connectivity index (χ2n) is 4.24. The lowest BCUT2D eigenvalue weighted by molar-refractivity contribution is 0.0693. The van der Waals surface area contributed by atoms with Crippen LogP contribution in [0.1, 0.15) is 35.9 Å². The molecule has 1 saturated heterocycles. The average molecular weight is 302 g/mol. The molecule has 1 aliphatic heterocycles. The third kappa shape index (κ3) is 2.48. The van der Waals surface area contributed by atoms with E-state index in [0.717, 1.165) is 41.2 Å². The highest BCUT2D eigenvalue weighted by Gasteiger charge is 2.24. The van der Waals surface area contributed by atoms with Crippen molar-refractivity contribution >= 4 is 33.2 Å². The van der Waals surface area contributed by atoms with E-state index in [9.17, 15) is 4.79 Å². The number of nitrogens with zero attached hydrogens (tertiary/aromatic N) is 1. The van der Waals surface area contributed by atoms with E-state index >= 15 is 0 Å². The lowest BCUT2D eigenvalue weighted by atomic mass is 9.94. The van der Waals surface area contributed by atoms with E-state index in [-0.39, 0.29) is 5.91 Å². The first-order valence-electron chi connectivity index (χ1n) is 5.74. The first-order valence-corrected chi connectivity index (χ1v) is 7.42. The smallest absolute Gasteiger partial charge is 0.265 e. The number of halogens is 1. The molecule has 0 unspecified atom stereocenters. The molecule has 0 radical (unpaired) electrons. The summed E-state index contributed by atoms with van der Waals surface area (Å²) in [6.07, 6.45) is 3.56. The Morgan fingerprint density at radius 1 is 1.56 bits per heavy atom. The summed E-state index contributed by atoms with van der Waals surface area (Å²) < 4.78 is 0.931. The summed E-state index contributed by atoms with van der Waals surface area (Å²) in [6.45, 7) is 4.07. The molecule has 1 fully saturated rings. The van der Waals surface area contributed by atoms with Crippen LogP contribution < -0.4 is 0 Å². The van der Waals surface area contributed by atoms with Crippen molar-refractivity contribution in [2.75, 3.05) is 13.1 Å². The fourth-order valence-electron chi connectivity index (χ4n) is 2.13. The van der Waals surface area contributed by atoms with Crippen LogP contribution in [-0.4, -0.2) is 23.9 Å². The lowest BCUT2D eigenvalue weighted by Gasteiger charge is -2.31. The quantitative estimate of drug-likeness (QED) is 0.814. The zero-order valence-electron chi connectivity index (χ0n) is 9.41. The number of carbonyl (C=O) groups excluding carboxylic acids is 1. The second kappa shape index (κ2) is 5.32. The topological polar surface area (TPSA) is 20.3 Å². The predicted octanol–water partition coefficient (Wildman–Crippen LogP) is 3.77. The van der Waals surface area contributed by atoms with Crippen molar-refractivity contribution in [3.8, 4) is 0 Å². The maximum atomic E-state index is 12.2. The molecule has 0 saturated carbocycles. The van der Waals surface area contributed by atoms with E-state index in [4.69, 9.17) is 0 Å². The second-order valence-corrected chi connectivity index (χ2v) is 6.01. The van der Waals surface area contributed by atoms with Gasteiger partial charge in [0.25, 0.3) is 5.91 Å². The molecule has 1 aromatic rings. The average Bonchev–Trinajstić information content (AvgIpc) is 2.75. The Morgan fingerprint density at radius 2 is 2.25 bits per heavy atom. The van der Waals surface area contributed by atoms with Gasteiger partial charge >= 0.3 is 0 Å². The molecule has 1 aromatic heterocycles. The van der Waals surface area contributed by atoms with Crippen molar-refractivity contribution in [2.24, 2.45) is 5.92 Å². The fourth-order valence-corrected chi connectivity index (χ4v) is 3.64. The summed E-state index contributed by atoms with van der Waals surface area (Å²) in [6, 6.07) is 1.94. The Balaban J connectivity index is 2.00. The van der Waals surface area contributed by atoms with Crippen LogP contribution in [0.15, 0.2) is 15.9 Å². The van der Waals surface area contributed by atoms with Gasteiger partial charge in [-0.2, -0.15) is 0 Å². The SMILES string of the molecule is CCC1CCN(C(=O)c2sccc2Br)CC1. The van der Waals surface area contributed by atoms with Gasteiger partial charge in [0.15, 0.2) is 0 Å². The Hall–Kier alpha value is -0.350.